The van der Waals surface area contributed by atoms with Gasteiger partial charge in [-0.25, -0.2) is 0 Å². The van der Waals surface area contributed by atoms with Gasteiger partial charge < -0.3 is 25.0 Å². The summed E-state index contributed by atoms with van der Waals surface area (Å²) >= 11 is 0. The Bertz CT molecular complexity index is 1180. The maximum Gasteiger partial charge on any atom is 0.416 e. The van der Waals surface area contributed by atoms with Gasteiger partial charge in [0.15, 0.2) is 11.5 Å². The fraction of sp³-hybridized carbons (Fsp3) is 0.444. The molecule has 0 spiro atoms. The van der Waals surface area contributed by atoms with E-state index in [-0.39, 0.29) is 36.1 Å². The number of halogens is 3. The molecule has 38 heavy (non-hydrogen) atoms. The first-order chi connectivity index (χ1) is 18.1. The number of amides is 3. The average Bonchev–Trinajstić information content (AvgIpc) is 3.39. The zero-order valence-corrected chi connectivity index (χ0v) is 21.1. The van der Waals surface area contributed by atoms with Gasteiger partial charge in [-0.2, -0.15) is 13.2 Å². The van der Waals surface area contributed by atoms with E-state index in [1.807, 2.05) is 13.8 Å². The van der Waals surface area contributed by atoms with Crippen molar-refractivity contribution in [1.82, 2.24) is 15.5 Å². The molecule has 2 aromatic rings. The van der Waals surface area contributed by atoms with Crippen LogP contribution in [0.15, 0.2) is 42.5 Å². The number of likely N-dealkylation sites (tertiary alicyclic amines) is 1. The van der Waals surface area contributed by atoms with Crippen LogP contribution in [-0.4, -0.2) is 54.6 Å². The molecule has 2 aliphatic heterocycles. The topological polar surface area (TPSA) is 97.0 Å². The molecule has 2 atom stereocenters. The summed E-state index contributed by atoms with van der Waals surface area (Å²) in [6.07, 6.45) is -2.89. The van der Waals surface area contributed by atoms with E-state index in [2.05, 4.69) is 10.6 Å². The fourth-order valence-electron chi connectivity index (χ4n) is 4.51. The van der Waals surface area contributed by atoms with Crippen molar-refractivity contribution in [1.29, 1.82) is 0 Å². The molecule has 2 aliphatic rings. The lowest BCUT2D eigenvalue weighted by atomic mass is 9.88. The smallest absolute Gasteiger partial charge is 0.416 e. The van der Waals surface area contributed by atoms with Gasteiger partial charge in [-0.3, -0.25) is 14.4 Å². The van der Waals surface area contributed by atoms with Gasteiger partial charge in [0.2, 0.25) is 12.7 Å². The van der Waals surface area contributed by atoms with Crippen LogP contribution in [0, 0.1) is 5.92 Å². The highest BCUT2D eigenvalue weighted by Crippen LogP contribution is 2.33. The minimum atomic E-state index is -4.48. The molecule has 0 radical (unpaired) electrons. The number of hydrogen-bond acceptors (Lipinski definition) is 5. The molecule has 11 heteroatoms. The molecule has 8 nitrogen and oxygen atoms in total. The van der Waals surface area contributed by atoms with Crippen molar-refractivity contribution in [2.24, 2.45) is 5.92 Å². The van der Waals surface area contributed by atoms with Gasteiger partial charge in [0.1, 0.15) is 6.04 Å². The first kappa shape index (κ1) is 27.3. The van der Waals surface area contributed by atoms with Gasteiger partial charge in [-0.05, 0) is 74.6 Å². The minimum absolute atomic E-state index is 0.0735. The number of ether oxygens (including phenoxy) is 2. The number of hydrogen-bond donors (Lipinski definition) is 2. The molecule has 0 bridgehead atoms. The first-order valence-electron chi connectivity index (χ1n) is 12.5. The highest BCUT2D eigenvalue weighted by atomic mass is 19.4. The van der Waals surface area contributed by atoms with Crippen LogP contribution in [0.1, 0.15) is 59.4 Å². The zero-order chi connectivity index (χ0) is 27.4. The Kier molecular flexibility index (Phi) is 8.13. The standard InChI is InChI=1S/C27H30F3N3O5/c1-3-16(2)31-25(35)23(32-24(34)19-6-9-21-22(14-19)38-15-37-21)17-10-12-33(13-11-17)26(36)18-4-7-20(8-5-18)27(28,29)30/h4-9,14,16-17,23H,3,10-13,15H2,1-2H3,(H,31,35)(H,32,34)/t16-,23-/m0/s1. The second-order valence-electron chi connectivity index (χ2n) is 9.54. The number of nitrogens with one attached hydrogen (secondary N) is 2. The van der Waals surface area contributed by atoms with Crippen LogP contribution in [0.5, 0.6) is 11.5 Å². The van der Waals surface area contributed by atoms with Gasteiger partial charge in [0.05, 0.1) is 5.56 Å². The van der Waals surface area contributed by atoms with Crippen LogP contribution < -0.4 is 20.1 Å². The molecule has 2 heterocycles. The summed E-state index contributed by atoms with van der Waals surface area (Å²) in [5.41, 5.74) is -0.328. The van der Waals surface area contributed by atoms with Crippen molar-refractivity contribution in [3.8, 4) is 11.5 Å². The molecule has 4 rings (SSSR count). The van der Waals surface area contributed by atoms with Gasteiger partial charge in [0, 0.05) is 30.3 Å². The van der Waals surface area contributed by atoms with E-state index in [0.29, 0.717) is 49.4 Å². The number of carbonyl (C=O) groups is 3. The maximum absolute atomic E-state index is 13.2. The summed E-state index contributed by atoms with van der Waals surface area (Å²) in [7, 11) is 0. The van der Waals surface area contributed by atoms with E-state index in [0.717, 1.165) is 12.1 Å². The highest BCUT2D eigenvalue weighted by molar-refractivity contribution is 5.98. The average molecular weight is 534 g/mol. The molecule has 0 aromatic heterocycles. The lowest BCUT2D eigenvalue weighted by molar-refractivity contribution is -0.137. The summed E-state index contributed by atoms with van der Waals surface area (Å²) in [6, 6.07) is 8.00. The molecule has 1 fully saturated rings. The summed E-state index contributed by atoms with van der Waals surface area (Å²) in [6.45, 7) is 4.50. The Morgan fingerprint density at radius 2 is 1.61 bits per heavy atom. The molecule has 204 valence electrons. The Labute approximate surface area is 218 Å². The molecule has 3 amide bonds. The minimum Gasteiger partial charge on any atom is -0.454 e. The summed E-state index contributed by atoms with van der Waals surface area (Å²) in [5.74, 6) is -0.362. The van der Waals surface area contributed by atoms with Crippen LogP contribution in [0.4, 0.5) is 13.2 Å². The van der Waals surface area contributed by atoms with E-state index < -0.39 is 23.7 Å². The number of nitrogens with zero attached hydrogens (tertiary/aromatic N) is 1. The van der Waals surface area contributed by atoms with Crippen LogP contribution in [0.2, 0.25) is 0 Å². The van der Waals surface area contributed by atoms with Gasteiger partial charge in [0.25, 0.3) is 11.8 Å². The molecule has 0 saturated carbocycles. The third-order valence-corrected chi connectivity index (χ3v) is 6.96. The van der Waals surface area contributed by atoms with E-state index in [1.54, 1.807) is 23.1 Å². The SMILES string of the molecule is CC[C@H](C)NC(=O)[C@@H](NC(=O)c1ccc2c(c1)OCO2)C1CCN(C(=O)c2ccc(C(F)(F)F)cc2)CC1. The van der Waals surface area contributed by atoms with Crippen molar-refractivity contribution in [2.75, 3.05) is 19.9 Å². The Balaban J connectivity index is 1.43. The van der Waals surface area contributed by atoms with Crippen molar-refractivity contribution in [3.05, 3.63) is 59.2 Å². The van der Waals surface area contributed by atoms with Crippen molar-refractivity contribution >= 4 is 17.7 Å². The van der Waals surface area contributed by atoms with E-state index in [1.165, 1.54) is 12.1 Å². The third kappa shape index (κ3) is 6.20. The summed E-state index contributed by atoms with van der Waals surface area (Å²) in [5, 5.41) is 5.79. The van der Waals surface area contributed by atoms with E-state index >= 15 is 0 Å². The fourth-order valence-corrected chi connectivity index (χ4v) is 4.51. The normalized spacial score (nSPS) is 17.0. The van der Waals surface area contributed by atoms with E-state index in [9.17, 15) is 27.6 Å². The Morgan fingerprint density at radius 3 is 2.24 bits per heavy atom. The molecule has 0 unspecified atom stereocenters. The predicted octanol–water partition coefficient (Wildman–Crippen LogP) is 4.00. The number of benzene rings is 2. The molecule has 2 aromatic carbocycles. The third-order valence-electron chi connectivity index (χ3n) is 6.96. The second kappa shape index (κ2) is 11.3. The maximum atomic E-state index is 13.2. The first-order valence-corrected chi connectivity index (χ1v) is 12.5. The predicted molar refractivity (Wildman–Crippen MR) is 132 cm³/mol. The van der Waals surface area contributed by atoms with Crippen LogP contribution in [-0.2, 0) is 11.0 Å². The lowest BCUT2D eigenvalue weighted by Crippen LogP contribution is -2.55. The largest absolute Gasteiger partial charge is 0.454 e. The molecular weight excluding hydrogens is 503 g/mol. The Morgan fingerprint density at radius 1 is 0.974 bits per heavy atom. The quantitative estimate of drug-likeness (QED) is 0.561. The molecular formula is C27H30F3N3O5. The van der Waals surface area contributed by atoms with Crippen LogP contribution in [0.25, 0.3) is 0 Å². The summed E-state index contributed by atoms with van der Waals surface area (Å²) in [4.78, 5) is 40.7. The summed E-state index contributed by atoms with van der Waals surface area (Å²) < 4.78 is 49.2. The van der Waals surface area contributed by atoms with Crippen molar-refractivity contribution < 1.29 is 37.0 Å². The molecule has 0 aliphatic carbocycles. The van der Waals surface area contributed by atoms with Crippen LogP contribution in [0.3, 0.4) is 0 Å². The monoisotopic (exact) mass is 533 g/mol. The number of piperidine rings is 1. The lowest BCUT2D eigenvalue weighted by Gasteiger charge is -2.36. The number of alkyl halides is 3. The number of rotatable bonds is 7. The Hall–Kier alpha value is -3.76. The zero-order valence-electron chi connectivity index (χ0n) is 21.1. The van der Waals surface area contributed by atoms with Crippen molar-refractivity contribution in [2.45, 2.75) is 51.4 Å². The van der Waals surface area contributed by atoms with Gasteiger partial charge in [-0.1, -0.05) is 6.92 Å². The van der Waals surface area contributed by atoms with Gasteiger partial charge in [-0.15, -0.1) is 0 Å². The molecule has 2 N–H and O–H groups in total. The number of fused-ring (bicyclic) bond motifs is 1. The van der Waals surface area contributed by atoms with E-state index in [4.69, 9.17) is 9.47 Å². The number of carbonyl (C=O) groups excluding carboxylic acids is 3. The van der Waals surface area contributed by atoms with Crippen molar-refractivity contribution in [3.63, 3.8) is 0 Å². The second-order valence-corrected chi connectivity index (χ2v) is 9.54. The highest BCUT2D eigenvalue weighted by Gasteiger charge is 2.35. The van der Waals surface area contributed by atoms with Crippen LogP contribution >= 0.6 is 0 Å². The van der Waals surface area contributed by atoms with Gasteiger partial charge >= 0.3 is 6.18 Å². The molecule has 1 saturated heterocycles.